The summed E-state index contributed by atoms with van der Waals surface area (Å²) in [5.74, 6) is -0.285. The van der Waals surface area contributed by atoms with Crippen LogP contribution in [0.25, 0.3) is 0 Å². The lowest BCUT2D eigenvalue weighted by atomic mass is 9.80. The molecule has 1 aromatic carbocycles. The van der Waals surface area contributed by atoms with Gasteiger partial charge in [-0.15, -0.1) is 0 Å². The van der Waals surface area contributed by atoms with Crippen molar-refractivity contribution in [3.8, 4) is 0 Å². The molecule has 1 aliphatic carbocycles. The zero-order chi connectivity index (χ0) is 37.8. The maximum atomic E-state index is 14.2. The second kappa shape index (κ2) is 19.2. The van der Waals surface area contributed by atoms with Crippen molar-refractivity contribution in [2.45, 2.75) is 148 Å². The molecule has 4 rings (SSSR count). The lowest BCUT2D eigenvalue weighted by molar-refractivity contribution is -0.136. The zero-order valence-electron chi connectivity index (χ0n) is 32.0. The number of aromatic amines is 1. The molecule has 12 heteroatoms. The van der Waals surface area contributed by atoms with Crippen molar-refractivity contribution in [2.75, 3.05) is 6.54 Å². The highest BCUT2D eigenvalue weighted by atomic mass is 16.6. The first-order chi connectivity index (χ1) is 24.7. The number of nitrogens with zero attached hydrogens (tertiary/aromatic N) is 2. The monoisotopic (exact) mass is 722 g/mol. The molecule has 2 aromatic rings. The molecule has 5 N–H and O–H groups in total. The van der Waals surface area contributed by atoms with Crippen LogP contribution in [-0.2, 0) is 32.0 Å². The summed E-state index contributed by atoms with van der Waals surface area (Å²) in [4.78, 5) is 63.3. The van der Waals surface area contributed by atoms with Gasteiger partial charge >= 0.3 is 6.09 Å². The van der Waals surface area contributed by atoms with Crippen LogP contribution in [0, 0.1) is 17.8 Å². The summed E-state index contributed by atoms with van der Waals surface area (Å²) in [5.41, 5.74) is 0.758. The van der Waals surface area contributed by atoms with Crippen molar-refractivity contribution >= 4 is 23.8 Å². The number of likely N-dealkylation sites (tertiary alicyclic amines) is 1. The Labute approximate surface area is 309 Å². The zero-order valence-corrected chi connectivity index (χ0v) is 32.0. The number of imidazole rings is 1. The fraction of sp³-hybridized carbons (Fsp3) is 0.675. The molecular formula is C40H62N6O6. The first-order valence-corrected chi connectivity index (χ1v) is 19.3. The number of aliphatic hydroxyl groups excluding tert-OH is 1. The number of nitrogens with one attached hydrogen (secondary N) is 4. The van der Waals surface area contributed by atoms with Gasteiger partial charge in [-0.3, -0.25) is 19.3 Å². The smallest absolute Gasteiger partial charge is 0.410 e. The maximum Gasteiger partial charge on any atom is 0.410 e. The third kappa shape index (κ3) is 12.3. The largest absolute Gasteiger partial charge is 0.444 e. The average Bonchev–Trinajstić information content (AvgIpc) is 3.58. The Hall–Kier alpha value is -3.93. The predicted octanol–water partition coefficient (Wildman–Crippen LogP) is 5.06. The molecule has 0 unspecified atom stereocenters. The normalized spacial score (nSPS) is 19.5. The summed E-state index contributed by atoms with van der Waals surface area (Å²) >= 11 is 0. The third-order valence-corrected chi connectivity index (χ3v) is 10.6. The summed E-state index contributed by atoms with van der Waals surface area (Å²) in [5, 5.41) is 20.6. The van der Waals surface area contributed by atoms with Crippen LogP contribution in [0.1, 0.15) is 111 Å². The van der Waals surface area contributed by atoms with Crippen molar-refractivity contribution in [3.63, 3.8) is 0 Å². The molecule has 0 bridgehead atoms. The molecule has 2 fully saturated rings. The van der Waals surface area contributed by atoms with Gasteiger partial charge in [0, 0.05) is 31.3 Å². The van der Waals surface area contributed by atoms with E-state index in [0.717, 1.165) is 37.7 Å². The van der Waals surface area contributed by atoms with Crippen molar-refractivity contribution < 1.29 is 29.0 Å². The van der Waals surface area contributed by atoms with Crippen LogP contribution >= 0.6 is 0 Å². The molecule has 52 heavy (non-hydrogen) atoms. The number of hydrogen-bond donors (Lipinski definition) is 5. The minimum atomic E-state index is -1.03. The van der Waals surface area contributed by atoms with Crippen molar-refractivity contribution in [2.24, 2.45) is 17.8 Å². The Morgan fingerprint density at radius 2 is 1.63 bits per heavy atom. The lowest BCUT2D eigenvalue weighted by Gasteiger charge is -2.40. The van der Waals surface area contributed by atoms with Gasteiger partial charge in [0.2, 0.25) is 17.7 Å². The first kappa shape index (κ1) is 40.8. The van der Waals surface area contributed by atoms with E-state index in [0.29, 0.717) is 49.3 Å². The molecule has 2 heterocycles. The van der Waals surface area contributed by atoms with Gasteiger partial charge in [-0.1, -0.05) is 89.6 Å². The first-order valence-electron chi connectivity index (χ1n) is 19.3. The number of carbonyl (C=O) groups is 4. The summed E-state index contributed by atoms with van der Waals surface area (Å²) < 4.78 is 5.49. The fourth-order valence-corrected chi connectivity index (χ4v) is 7.39. The average molecular weight is 723 g/mol. The maximum absolute atomic E-state index is 14.2. The summed E-state index contributed by atoms with van der Waals surface area (Å²) in [7, 11) is 0. The van der Waals surface area contributed by atoms with Crippen LogP contribution < -0.4 is 16.0 Å². The molecule has 0 radical (unpaired) electrons. The van der Waals surface area contributed by atoms with E-state index in [1.807, 2.05) is 30.3 Å². The Bertz CT molecular complexity index is 1420. The van der Waals surface area contributed by atoms with Crippen molar-refractivity contribution in [3.05, 3.63) is 54.1 Å². The standard InChI is InChI=1S/C40H62N6O6/c1-7-29(26(2)3)22-35(47)31(20-27-14-10-8-11-15-27)43-37(49)33(23-30-24-41-25-42-30)44-36(48)32(21-28-16-12-9-13-17-28)45-38(50)34-18-19-46(34)39(51)52-40(4,5)6/h9,12-13,16-17,24-27,29,31-35,47H,7-8,10-11,14-15,18-23H2,1-6H3,(H,41,42)(H,43,49)(H,44,48)(H,45,50)/t29-,31-,32-,33-,34-,35-/m0/s1. The van der Waals surface area contributed by atoms with Gasteiger partial charge in [-0.2, -0.15) is 0 Å². The van der Waals surface area contributed by atoms with E-state index >= 15 is 0 Å². The van der Waals surface area contributed by atoms with Gasteiger partial charge < -0.3 is 30.8 Å². The second-order valence-electron chi connectivity index (χ2n) is 16.1. The van der Waals surface area contributed by atoms with Gasteiger partial charge in [0.1, 0.15) is 23.7 Å². The summed E-state index contributed by atoms with van der Waals surface area (Å²) in [6, 6.07) is 6.04. The number of amides is 4. The van der Waals surface area contributed by atoms with E-state index in [9.17, 15) is 24.3 Å². The van der Waals surface area contributed by atoms with Gasteiger partial charge in [0.05, 0.1) is 18.5 Å². The van der Waals surface area contributed by atoms with E-state index in [2.05, 4.69) is 46.7 Å². The topological polar surface area (TPSA) is 166 Å². The van der Waals surface area contributed by atoms with Crippen molar-refractivity contribution in [1.29, 1.82) is 0 Å². The second-order valence-corrected chi connectivity index (χ2v) is 16.1. The summed E-state index contributed by atoms with van der Waals surface area (Å²) in [6.07, 6.45) is 10.4. The Morgan fingerprint density at radius 3 is 2.21 bits per heavy atom. The van der Waals surface area contributed by atoms with Gasteiger partial charge in [0.25, 0.3) is 0 Å². The number of aliphatic hydroxyl groups is 1. The number of ether oxygens (including phenoxy) is 1. The molecule has 1 saturated heterocycles. The molecule has 0 spiro atoms. The highest BCUT2D eigenvalue weighted by Gasteiger charge is 2.41. The number of carbonyl (C=O) groups excluding carboxylic acids is 4. The quantitative estimate of drug-likeness (QED) is 0.152. The van der Waals surface area contributed by atoms with Crippen LogP contribution in [0.3, 0.4) is 0 Å². The lowest BCUT2D eigenvalue weighted by Crippen LogP contribution is -2.62. The van der Waals surface area contributed by atoms with Gasteiger partial charge in [0.15, 0.2) is 0 Å². The van der Waals surface area contributed by atoms with E-state index in [1.54, 1.807) is 27.0 Å². The SMILES string of the molecule is CC[C@@H](C[C@H](O)[C@H](CC1CCCCC1)NC(=O)[C@H](Cc1cnc[nH]1)NC(=O)[C@H](Cc1ccccc1)NC(=O)[C@@H]1CCN1C(=O)OC(C)(C)C)C(C)C. The van der Waals surface area contributed by atoms with Crippen LogP contribution in [-0.4, -0.2) is 86.2 Å². The number of rotatable bonds is 17. The minimum absolute atomic E-state index is 0.133. The number of H-pyrrole nitrogens is 1. The highest BCUT2D eigenvalue weighted by Crippen LogP contribution is 2.30. The molecular weight excluding hydrogens is 660 g/mol. The van der Waals surface area contributed by atoms with E-state index < -0.39 is 59.7 Å². The van der Waals surface area contributed by atoms with E-state index in [-0.39, 0.29) is 12.8 Å². The molecule has 1 aromatic heterocycles. The molecule has 6 atom stereocenters. The number of aromatic nitrogens is 2. The van der Waals surface area contributed by atoms with Crippen LogP contribution in [0.15, 0.2) is 42.9 Å². The molecule has 1 saturated carbocycles. The third-order valence-electron chi connectivity index (χ3n) is 10.6. The molecule has 2 aliphatic rings. The highest BCUT2D eigenvalue weighted by molar-refractivity contribution is 5.94. The molecule has 288 valence electrons. The molecule has 1 aliphatic heterocycles. The minimum Gasteiger partial charge on any atom is -0.444 e. The molecule has 12 nitrogen and oxygen atoms in total. The van der Waals surface area contributed by atoms with Crippen LogP contribution in [0.5, 0.6) is 0 Å². The van der Waals surface area contributed by atoms with Gasteiger partial charge in [-0.25, -0.2) is 9.78 Å². The molecule has 4 amide bonds. The Balaban J connectivity index is 1.54. The Kier molecular flexibility index (Phi) is 15.1. The summed E-state index contributed by atoms with van der Waals surface area (Å²) in [6.45, 7) is 12.1. The Morgan fingerprint density at radius 1 is 0.962 bits per heavy atom. The van der Waals surface area contributed by atoms with E-state index in [4.69, 9.17) is 4.74 Å². The predicted molar refractivity (Wildman–Crippen MR) is 200 cm³/mol. The number of benzene rings is 1. The van der Waals surface area contributed by atoms with Crippen LogP contribution in [0.2, 0.25) is 0 Å². The van der Waals surface area contributed by atoms with Crippen LogP contribution in [0.4, 0.5) is 4.79 Å². The van der Waals surface area contributed by atoms with Crippen molar-refractivity contribution in [1.82, 2.24) is 30.8 Å². The van der Waals surface area contributed by atoms with Gasteiger partial charge in [-0.05, 0) is 63.4 Å². The number of hydrogen-bond acceptors (Lipinski definition) is 7. The fourth-order valence-electron chi connectivity index (χ4n) is 7.39. The van der Waals surface area contributed by atoms with E-state index in [1.165, 1.54) is 17.6 Å².